The van der Waals surface area contributed by atoms with Crippen molar-refractivity contribution in [3.8, 4) is 0 Å². The van der Waals surface area contributed by atoms with E-state index >= 15 is 0 Å². The van der Waals surface area contributed by atoms with E-state index in [9.17, 15) is 0 Å². The maximum absolute atomic E-state index is 4.70. The zero-order chi connectivity index (χ0) is 14.5. The smallest absolute Gasteiger partial charge is 0.107 e. The molecule has 1 aromatic rings. The minimum absolute atomic E-state index is 0.152. The Balaban J connectivity index is 2.42. The summed E-state index contributed by atoms with van der Waals surface area (Å²) in [5.74, 6) is 0.755. The van der Waals surface area contributed by atoms with Gasteiger partial charge < -0.3 is 10.2 Å². The summed E-state index contributed by atoms with van der Waals surface area (Å²) in [5, 5.41) is 6.85. The van der Waals surface area contributed by atoms with Gasteiger partial charge in [-0.15, -0.1) is 11.3 Å². The van der Waals surface area contributed by atoms with Gasteiger partial charge in [0.05, 0.1) is 5.69 Å². The summed E-state index contributed by atoms with van der Waals surface area (Å²) in [6, 6.07) is 0. The number of aromatic nitrogens is 1. The van der Waals surface area contributed by atoms with Crippen molar-refractivity contribution in [2.45, 2.75) is 59.7 Å². The Morgan fingerprint density at radius 1 is 1.42 bits per heavy atom. The molecule has 4 heteroatoms. The van der Waals surface area contributed by atoms with Gasteiger partial charge in [-0.3, -0.25) is 0 Å². The van der Waals surface area contributed by atoms with Gasteiger partial charge >= 0.3 is 0 Å². The zero-order valence-corrected chi connectivity index (χ0v) is 14.1. The van der Waals surface area contributed by atoms with Crippen molar-refractivity contribution in [1.82, 2.24) is 15.2 Å². The highest BCUT2D eigenvalue weighted by Crippen LogP contribution is 2.13. The second-order valence-electron chi connectivity index (χ2n) is 6.55. The van der Waals surface area contributed by atoms with E-state index in [0.717, 1.165) is 25.6 Å². The van der Waals surface area contributed by atoms with Crippen molar-refractivity contribution in [2.75, 3.05) is 13.6 Å². The van der Waals surface area contributed by atoms with E-state index in [0.29, 0.717) is 0 Å². The van der Waals surface area contributed by atoms with Gasteiger partial charge in [0.25, 0.3) is 0 Å². The van der Waals surface area contributed by atoms with E-state index < -0.39 is 0 Å². The predicted molar refractivity (Wildman–Crippen MR) is 84.5 cm³/mol. The average Bonchev–Trinajstić information content (AvgIpc) is 2.73. The lowest BCUT2D eigenvalue weighted by Crippen LogP contribution is -2.35. The second kappa shape index (κ2) is 7.36. The molecule has 1 rings (SSSR count). The molecule has 0 aliphatic heterocycles. The van der Waals surface area contributed by atoms with E-state index in [1.807, 2.05) is 0 Å². The molecule has 0 aliphatic rings. The van der Waals surface area contributed by atoms with E-state index in [1.165, 1.54) is 17.1 Å². The molecule has 0 aromatic carbocycles. The van der Waals surface area contributed by atoms with Crippen molar-refractivity contribution >= 4 is 11.3 Å². The van der Waals surface area contributed by atoms with Gasteiger partial charge in [0, 0.05) is 30.6 Å². The molecule has 0 bridgehead atoms. The van der Waals surface area contributed by atoms with Crippen molar-refractivity contribution < 1.29 is 0 Å². The maximum atomic E-state index is 4.70. The maximum Gasteiger partial charge on any atom is 0.107 e. The molecular formula is C15H29N3S. The second-order valence-corrected chi connectivity index (χ2v) is 7.49. The monoisotopic (exact) mass is 283 g/mol. The summed E-state index contributed by atoms with van der Waals surface area (Å²) in [5.41, 5.74) is 1.35. The minimum atomic E-state index is 0.152. The lowest BCUT2D eigenvalue weighted by Gasteiger charge is -2.20. The molecule has 3 nitrogen and oxygen atoms in total. The molecular weight excluding hydrogens is 254 g/mol. The summed E-state index contributed by atoms with van der Waals surface area (Å²) < 4.78 is 0. The molecule has 0 saturated carbocycles. The van der Waals surface area contributed by atoms with Crippen LogP contribution in [0, 0.1) is 5.92 Å². The van der Waals surface area contributed by atoms with E-state index in [1.54, 1.807) is 11.3 Å². The number of hydrogen-bond acceptors (Lipinski definition) is 4. The summed E-state index contributed by atoms with van der Waals surface area (Å²) in [6.07, 6.45) is 1.24. The highest BCUT2D eigenvalue weighted by molar-refractivity contribution is 7.09. The molecule has 1 heterocycles. The van der Waals surface area contributed by atoms with Crippen LogP contribution in [0.25, 0.3) is 0 Å². The van der Waals surface area contributed by atoms with Crippen LogP contribution in [-0.4, -0.2) is 29.0 Å². The lowest BCUT2D eigenvalue weighted by molar-refractivity contribution is 0.272. The van der Waals surface area contributed by atoms with E-state index in [4.69, 9.17) is 4.98 Å². The molecule has 1 atom stereocenters. The van der Waals surface area contributed by atoms with Gasteiger partial charge in [-0.05, 0) is 33.7 Å². The summed E-state index contributed by atoms with van der Waals surface area (Å²) >= 11 is 1.76. The molecule has 1 N–H and O–H groups in total. The molecule has 0 saturated heterocycles. The van der Waals surface area contributed by atoms with Gasteiger partial charge in [0.1, 0.15) is 5.01 Å². The van der Waals surface area contributed by atoms with Crippen LogP contribution in [0.4, 0.5) is 0 Å². The van der Waals surface area contributed by atoms with Gasteiger partial charge in [0.2, 0.25) is 0 Å². The summed E-state index contributed by atoms with van der Waals surface area (Å²) in [4.78, 5) is 7.07. The van der Waals surface area contributed by atoms with Crippen LogP contribution in [-0.2, 0) is 13.1 Å². The lowest BCUT2D eigenvalue weighted by atomic mass is 10.1. The average molecular weight is 283 g/mol. The zero-order valence-electron chi connectivity index (χ0n) is 13.3. The van der Waals surface area contributed by atoms with Crippen molar-refractivity contribution in [2.24, 2.45) is 5.92 Å². The van der Waals surface area contributed by atoms with E-state index in [2.05, 4.69) is 57.3 Å². The Bertz CT molecular complexity index is 368. The first-order valence-corrected chi connectivity index (χ1v) is 8.05. The molecule has 0 radical (unpaired) electrons. The number of nitrogens with one attached hydrogen (secondary N) is 1. The van der Waals surface area contributed by atoms with Gasteiger partial charge in [-0.2, -0.15) is 0 Å². The highest BCUT2D eigenvalue weighted by atomic mass is 32.1. The van der Waals surface area contributed by atoms with Crippen LogP contribution in [0.1, 0.15) is 51.7 Å². The van der Waals surface area contributed by atoms with Crippen LogP contribution in [0.5, 0.6) is 0 Å². The predicted octanol–water partition coefficient (Wildman–Crippen LogP) is 3.51. The normalized spacial score (nSPS) is 14.1. The minimum Gasteiger partial charge on any atom is -0.306 e. The largest absolute Gasteiger partial charge is 0.306 e. The number of nitrogens with zero attached hydrogens (tertiary/aromatic N) is 2. The topological polar surface area (TPSA) is 28.2 Å². The van der Waals surface area contributed by atoms with Crippen LogP contribution in [0.2, 0.25) is 0 Å². The Hall–Kier alpha value is -0.450. The molecule has 0 spiro atoms. The summed E-state index contributed by atoms with van der Waals surface area (Å²) in [7, 11) is 2.18. The molecule has 19 heavy (non-hydrogen) atoms. The van der Waals surface area contributed by atoms with Crippen LogP contribution in [0.3, 0.4) is 0 Å². The fourth-order valence-corrected chi connectivity index (χ4v) is 2.57. The Morgan fingerprint density at radius 2 is 2.11 bits per heavy atom. The van der Waals surface area contributed by atoms with Crippen LogP contribution >= 0.6 is 11.3 Å². The van der Waals surface area contributed by atoms with Crippen molar-refractivity contribution in [3.05, 3.63) is 16.1 Å². The van der Waals surface area contributed by atoms with Gasteiger partial charge in [-0.1, -0.05) is 20.3 Å². The van der Waals surface area contributed by atoms with Crippen LogP contribution < -0.4 is 5.32 Å². The standard InChI is InChI=1S/C15H29N3S/c1-7-12(2)9-18(6)10-13-11-19-14(17-13)8-16-15(3,4)5/h11-12,16H,7-10H2,1-6H3. The third kappa shape index (κ3) is 7.04. The third-order valence-corrected chi connectivity index (χ3v) is 4.02. The highest BCUT2D eigenvalue weighted by Gasteiger charge is 2.11. The third-order valence-electron chi connectivity index (χ3n) is 3.12. The summed E-state index contributed by atoms with van der Waals surface area (Å²) in [6.45, 7) is 14.1. The Morgan fingerprint density at radius 3 is 2.68 bits per heavy atom. The SMILES string of the molecule is CCC(C)CN(C)Cc1csc(CNC(C)(C)C)n1. The fourth-order valence-electron chi connectivity index (χ4n) is 1.85. The number of hydrogen-bond donors (Lipinski definition) is 1. The van der Waals surface area contributed by atoms with Crippen molar-refractivity contribution in [3.63, 3.8) is 0 Å². The molecule has 0 fully saturated rings. The van der Waals surface area contributed by atoms with Gasteiger partial charge in [0.15, 0.2) is 0 Å². The Labute approximate surface area is 122 Å². The van der Waals surface area contributed by atoms with Crippen LogP contribution in [0.15, 0.2) is 5.38 Å². The number of rotatable bonds is 7. The van der Waals surface area contributed by atoms with Crippen molar-refractivity contribution in [1.29, 1.82) is 0 Å². The fraction of sp³-hybridized carbons (Fsp3) is 0.800. The quantitative estimate of drug-likeness (QED) is 0.830. The number of thiazole rings is 1. The molecule has 1 unspecified atom stereocenters. The molecule has 1 aromatic heterocycles. The molecule has 110 valence electrons. The molecule has 0 aliphatic carbocycles. The molecule has 0 amide bonds. The first-order chi connectivity index (χ1) is 8.80. The first kappa shape index (κ1) is 16.6. The van der Waals surface area contributed by atoms with Gasteiger partial charge in [-0.25, -0.2) is 4.98 Å². The van der Waals surface area contributed by atoms with E-state index in [-0.39, 0.29) is 5.54 Å². The first-order valence-electron chi connectivity index (χ1n) is 7.17. The Kier molecular flexibility index (Phi) is 6.43.